The molecule has 2 N–H and O–H groups in total. The first-order valence-electron chi connectivity index (χ1n) is 8.10. The molecule has 0 unspecified atom stereocenters. The molecule has 132 valence electrons. The molecule has 1 aromatic heterocycles. The summed E-state index contributed by atoms with van der Waals surface area (Å²) in [5.74, 6) is 0.0732. The van der Waals surface area contributed by atoms with Gasteiger partial charge >= 0.3 is 0 Å². The lowest BCUT2D eigenvalue weighted by Crippen LogP contribution is -2.11. The number of ether oxygens (including phenoxy) is 1. The number of primary amides is 1. The second-order valence-corrected chi connectivity index (χ2v) is 5.90. The van der Waals surface area contributed by atoms with Crippen molar-refractivity contribution >= 4 is 11.7 Å². The van der Waals surface area contributed by atoms with Crippen molar-refractivity contribution in [3.05, 3.63) is 71.4 Å². The summed E-state index contributed by atoms with van der Waals surface area (Å²) < 4.78 is 7.01. The average Bonchev–Trinajstić information content (AvgIpc) is 3.06. The van der Waals surface area contributed by atoms with E-state index in [-0.39, 0.29) is 5.78 Å². The number of methoxy groups -OCH3 is 1. The van der Waals surface area contributed by atoms with E-state index in [0.717, 1.165) is 11.1 Å². The molecule has 6 nitrogen and oxygen atoms in total. The van der Waals surface area contributed by atoms with Crippen LogP contribution in [0.1, 0.15) is 33.2 Å². The van der Waals surface area contributed by atoms with Crippen LogP contribution in [0.4, 0.5) is 0 Å². The van der Waals surface area contributed by atoms with Gasteiger partial charge in [-0.2, -0.15) is 5.10 Å². The third kappa shape index (κ3) is 3.49. The molecule has 0 aliphatic heterocycles. The molecule has 0 aliphatic carbocycles. The van der Waals surface area contributed by atoms with Gasteiger partial charge in [0.05, 0.1) is 19.2 Å². The summed E-state index contributed by atoms with van der Waals surface area (Å²) >= 11 is 0. The van der Waals surface area contributed by atoms with Crippen molar-refractivity contribution < 1.29 is 14.3 Å². The smallest absolute Gasteiger partial charge is 0.252 e. The van der Waals surface area contributed by atoms with Crippen LogP contribution < -0.4 is 10.5 Å². The molecule has 0 aliphatic rings. The number of rotatable bonds is 6. The number of carbonyl (C=O) groups is 2. The number of carbonyl (C=O) groups excluding carboxylic acids is 2. The van der Waals surface area contributed by atoms with Crippen molar-refractivity contribution in [3.63, 3.8) is 0 Å². The highest BCUT2D eigenvalue weighted by atomic mass is 16.5. The maximum absolute atomic E-state index is 11.8. The number of Topliss-reactive ketones (excluding diaryl/α,β-unsaturated/α-hetero) is 1. The summed E-state index contributed by atoms with van der Waals surface area (Å²) in [6.45, 7) is 1.86. The lowest BCUT2D eigenvalue weighted by molar-refractivity contribution is 0.0996. The molecule has 0 bridgehead atoms. The Kier molecular flexibility index (Phi) is 4.84. The van der Waals surface area contributed by atoms with Crippen LogP contribution in [-0.2, 0) is 6.54 Å². The Hall–Kier alpha value is -3.41. The maximum atomic E-state index is 11.8. The van der Waals surface area contributed by atoms with E-state index < -0.39 is 5.91 Å². The largest absolute Gasteiger partial charge is 0.496 e. The van der Waals surface area contributed by atoms with Crippen molar-refractivity contribution in [2.75, 3.05) is 7.11 Å². The summed E-state index contributed by atoms with van der Waals surface area (Å²) in [5.41, 5.74) is 8.58. The summed E-state index contributed by atoms with van der Waals surface area (Å²) in [4.78, 5) is 23.5. The van der Waals surface area contributed by atoms with E-state index in [1.807, 2.05) is 30.3 Å². The molecule has 0 saturated carbocycles. The van der Waals surface area contributed by atoms with Gasteiger partial charge in [-0.1, -0.05) is 30.3 Å². The first-order valence-corrected chi connectivity index (χ1v) is 8.10. The fraction of sp³-hybridized carbons (Fsp3) is 0.150. The first-order chi connectivity index (χ1) is 12.5. The molecular weight excluding hydrogens is 330 g/mol. The molecular formula is C20H19N3O3. The number of benzene rings is 2. The minimum atomic E-state index is -0.542. The van der Waals surface area contributed by atoms with Gasteiger partial charge in [-0.15, -0.1) is 0 Å². The van der Waals surface area contributed by atoms with Gasteiger partial charge in [0.2, 0.25) is 0 Å². The Morgan fingerprint density at radius 2 is 1.88 bits per heavy atom. The molecule has 0 spiro atoms. The molecule has 1 amide bonds. The van der Waals surface area contributed by atoms with Gasteiger partial charge in [0.25, 0.3) is 5.91 Å². The Balaban J connectivity index is 2.02. The van der Waals surface area contributed by atoms with Crippen LogP contribution in [0.3, 0.4) is 0 Å². The minimum Gasteiger partial charge on any atom is -0.496 e. The van der Waals surface area contributed by atoms with E-state index in [9.17, 15) is 9.59 Å². The van der Waals surface area contributed by atoms with Gasteiger partial charge in [-0.05, 0) is 25.1 Å². The van der Waals surface area contributed by atoms with Gasteiger partial charge in [-0.3, -0.25) is 14.3 Å². The Bertz CT molecular complexity index is 962. The highest BCUT2D eigenvalue weighted by Gasteiger charge is 2.17. The van der Waals surface area contributed by atoms with Crippen molar-refractivity contribution in [2.45, 2.75) is 13.5 Å². The number of nitrogens with zero attached hydrogens (tertiary/aromatic N) is 2. The zero-order valence-corrected chi connectivity index (χ0v) is 14.6. The molecule has 0 radical (unpaired) electrons. The second kappa shape index (κ2) is 7.23. The molecule has 3 aromatic rings. The topological polar surface area (TPSA) is 87.2 Å². The highest BCUT2D eigenvalue weighted by molar-refractivity contribution is 5.98. The summed E-state index contributed by atoms with van der Waals surface area (Å²) in [6.07, 6.45) is 1.62. The van der Waals surface area contributed by atoms with E-state index in [4.69, 9.17) is 10.5 Å². The maximum Gasteiger partial charge on any atom is 0.252 e. The van der Waals surface area contributed by atoms with Gasteiger partial charge in [0.1, 0.15) is 11.4 Å². The predicted octanol–water partition coefficient (Wildman–Crippen LogP) is 2.91. The van der Waals surface area contributed by atoms with E-state index in [2.05, 4.69) is 5.10 Å². The van der Waals surface area contributed by atoms with E-state index in [0.29, 0.717) is 29.1 Å². The van der Waals surface area contributed by atoms with Gasteiger partial charge in [0.15, 0.2) is 5.78 Å². The molecule has 1 heterocycles. The fourth-order valence-electron chi connectivity index (χ4n) is 2.79. The van der Waals surface area contributed by atoms with Crippen molar-refractivity contribution in [2.24, 2.45) is 5.73 Å². The lowest BCUT2D eigenvalue weighted by atomic mass is 10.1. The van der Waals surface area contributed by atoms with E-state index in [1.165, 1.54) is 6.92 Å². The number of nitrogens with two attached hydrogens (primary N) is 1. The lowest BCUT2D eigenvalue weighted by Gasteiger charge is -2.10. The van der Waals surface area contributed by atoms with Gasteiger partial charge < -0.3 is 10.5 Å². The van der Waals surface area contributed by atoms with Crippen LogP contribution in [-0.4, -0.2) is 28.6 Å². The van der Waals surface area contributed by atoms with Crippen molar-refractivity contribution in [1.29, 1.82) is 0 Å². The van der Waals surface area contributed by atoms with Crippen LogP contribution >= 0.6 is 0 Å². The predicted molar refractivity (Wildman–Crippen MR) is 98.3 cm³/mol. The number of hydrogen-bond acceptors (Lipinski definition) is 4. The third-order valence-corrected chi connectivity index (χ3v) is 4.09. The standard InChI is InChI=1S/C20H19N3O3/c1-13(24)15-8-9-18(26-2)16(10-15)11-23-12-17(20(21)25)19(22-23)14-6-4-3-5-7-14/h3-10,12H,11H2,1-2H3,(H2,21,25). The van der Waals surface area contributed by atoms with E-state index in [1.54, 1.807) is 36.2 Å². The Labute approximate surface area is 151 Å². The molecule has 2 aromatic carbocycles. The minimum absolute atomic E-state index is 0.0304. The molecule has 3 rings (SSSR count). The second-order valence-electron chi connectivity index (χ2n) is 5.90. The van der Waals surface area contributed by atoms with Crippen LogP contribution in [0, 0.1) is 0 Å². The monoisotopic (exact) mass is 349 g/mol. The average molecular weight is 349 g/mol. The molecule has 0 atom stereocenters. The molecule has 0 fully saturated rings. The van der Waals surface area contributed by atoms with Gasteiger partial charge in [0, 0.05) is 22.9 Å². The van der Waals surface area contributed by atoms with Crippen LogP contribution in [0.2, 0.25) is 0 Å². The summed E-state index contributed by atoms with van der Waals surface area (Å²) in [6, 6.07) is 14.6. The molecule has 26 heavy (non-hydrogen) atoms. The van der Waals surface area contributed by atoms with Crippen LogP contribution in [0.5, 0.6) is 5.75 Å². The van der Waals surface area contributed by atoms with Gasteiger partial charge in [-0.25, -0.2) is 0 Å². The molecule has 0 saturated heterocycles. The zero-order chi connectivity index (χ0) is 18.7. The first kappa shape index (κ1) is 17.4. The SMILES string of the molecule is COc1ccc(C(C)=O)cc1Cn1cc(C(N)=O)c(-c2ccccc2)n1. The number of ketones is 1. The highest BCUT2D eigenvalue weighted by Crippen LogP contribution is 2.25. The summed E-state index contributed by atoms with van der Waals surface area (Å²) in [5, 5.41) is 4.52. The quantitative estimate of drug-likeness (QED) is 0.693. The number of hydrogen-bond donors (Lipinski definition) is 1. The van der Waals surface area contributed by atoms with E-state index >= 15 is 0 Å². The molecule has 6 heteroatoms. The van der Waals surface area contributed by atoms with Crippen molar-refractivity contribution in [3.8, 4) is 17.0 Å². The van der Waals surface area contributed by atoms with Crippen LogP contribution in [0.15, 0.2) is 54.7 Å². The zero-order valence-electron chi connectivity index (χ0n) is 14.6. The Morgan fingerprint density at radius 3 is 2.50 bits per heavy atom. The van der Waals surface area contributed by atoms with Crippen LogP contribution in [0.25, 0.3) is 11.3 Å². The number of amides is 1. The normalized spacial score (nSPS) is 10.5. The Morgan fingerprint density at radius 1 is 1.15 bits per heavy atom. The van der Waals surface area contributed by atoms with Crippen molar-refractivity contribution in [1.82, 2.24) is 9.78 Å². The third-order valence-electron chi connectivity index (χ3n) is 4.09. The summed E-state index contributed by atoms with van der Waals surface area (Å²) in [7, 11) is 1.57. The number of aromatic nitrogens is 2. The fourth-order valence-corrected chi connectivity index (χ4v) is 2.79.